The molecule has 0 saturated carbocycles. The largest absolute Gasteiger partial charge is 0.389 e. The maximum Gasteiger partial charge on any atom is 0.226 e. The molecule has 7 nitrogen and oxygen atoms in total. The first-order valence-corrected chi connectivity index (χ1v) is 14.8. The Hall–Kier alpha value is -3.42. The fourth-order valence-corrected chi connectivity index (χ4v) is 6.93. The fraction of sp³-hybridized carbons (Fsp3) is 0.467. The number of pyridine rings is 1. The van der Waals surface area contributed by atoms with Crippen LogP contribution < -0.4 is 10.6 Å². The smallest absolute Gasteiger partial charge is 0.226 e. The van der Waals surface area contributed by atoms with Crippen LogP contribution in [0.5, 0.6) is 0 Å². The Kier molecular flexibility index (Phi) is 7.89. The van der Waals surface area contributed by atoms with Gasteiger partial charge >= 0.3 is 0 Å². The van der Waals surface area contributed by atoms with E-state index in [9.17, 15) is 9.65 Å². The zero-order chi connectivity index (χ0) is 28.7. The Balaban J connectivity index is 0.00000158. The maximum atomic E-state index is 16.5. The number of hydrogen-bond donors (Lipinski definition) is 1. The van der Waals surface area contributed by atoms with E-state index >= 15 is 4.39 Å². The van der Waals surface area contributed by atoms with E-state index in [4.69, 9.17) is 15.5 Å². The van der Waals surface area contributed by atoms with Crippen LogP contribution in [0.3, 0.4) is 0 Å². The molecule has 1 aromatic carbocycles. The summed E-state index contributed by atoms with van der Waals surface area (Å²) < 4.78 is 37.1. The lowest BCUT2D eigenvalue weighted by Crippen LogP contribution is -2.59. The predicted molar refractivity (Wildman–Crippen MR) is 156 cm³/mol. The lowest BCUT2D eigenvalue weighted by Gasteiger charge is -2.51. The molecule has 3 unspecified atom stereocenters. The quantitative estimate of drug-likeness (QED) is 0.261. The van der Waals surface area contributed by atoms with E-state index in [1.165, 1.54) is 0 Å². The number of fused-ring (bicyclic) bond motifs is 4. The van der Waals surface area contributed by atoms with Gasteiger partial charge in [0.2, 0.25) is 5.95 Å². The molecule has 0 radical (unpaired) electrons. The lowest BCUT2D eigenvalue weighted by molar-refractivity contribution is 0.135. The summed E-state index contributed by atoms with van der Waals surface area (Å²) >= 11 is 0.962. The molecule has 0 bridgehead atoms. The minimum absolute atomic E-state index is 0.0987. The van der Waals surface area contributed by atoms with Gasteiger partial charge in [0.25, 0.3) is 0 Å². The van der Waals surface area contributed by atoms with Crippen molar-refractivity contribution in [2.45, 2.75) is 73.1 Å². The van der Waals surface area contributed by atoms with E-state index in [1.54, 1.807) is 6.20 Å². The molecule has 3 atom stereocenters. The van der Waals surface area contributed by atoms with Gasteiger partial charge in [0.1, 0.15) is 16.6 Å². The summed E-state index contributed by atoms with van der Waals surface area (Å²) in [5.74, 6) is 0.475. The highest BCUT2D eigenvalue weighted by Gasteiger charge is 2.42. The lowest BCUT2D eigenvalue weighted by atomic mass is 9.76. The second-order valence-electron chi connectivity index (χ2n) is 10.2. The molecule has 3 aromatic heterocycles. The minimum atomic E-state index is -0.601. The molecule has 0 spiro atoms. The van der Waals surface area contributed by atoms with E-state index in [0.29, 0.717) is 34.8 Å². The summed E-state index contributed by atoms with van der Waals surface area (Å²) in [6, 6.07) is 2.36. The number of nitriles is 1. The molecule has 1 saturated heterocycles. The van der Waals surface area contributed by atoms with Crippen molar-refractivity contribution in [1.82, 2.24) is 15.0 Å². The van der Waals surface area contributed by atoms with Crippen molar-refractivity contribution in [3.63, 3.8) is 0 Å². The van der Waals surface area contributed by atoms with Crippen molar-refractivity contribution < 1.29 is 13.5 Å². The second-order valence-corrected chi connectivity index (χ2v) is 11.3. The van der Waals surface area contributed by atoms with Crippen molar-refractivity contribution in [1.29, 1.82) is 5.26 Å². The molecule has 6 rings (SSSR count). The molecule has 10 heteroatoms. The highest BCUT2D eigenvalue weighted by Crippen LogP contribution is 2.45. The van der Waals surface area contributed by atoms with Gasteiger partial charge in [-0.15, -0.1) is 11.3 Å². The number of benzene rings is 1. The van der Waals surface area contributed by atoms with E-state index in [1.807, 2.05) is 19.9 Å². The average Bonchev–Trinajstić information content (AvgIpc) is 3.58. The standard InChI is InChI=1S/C28H28F2N6OS.C2H6/c1-4-6-20-16(13(3)5-2)10-36(20)28-34-8-15-17-11-37-12-18(17)21(23(30)24(15)35-28)25-22-14(7-31)27(32)38-26(22)19(29)9-33-25;1-2/h8-9,13,16,20H,4-6,10-12,32H2,1-3H3;1-2H3. The van der Waals surface area contributed by atoms with Gasteiger partial charge in [0, 0.05) is 35.1 Å². The molecule has 210 valence electrons. The van der Waals surface area contributed by atoms with Crippen LogP contribution in [0, 0.1) is 34.8 Å². The van der Waals surface area contributed by atoms with E-state index in [-0.39, 0.29) is 50.6 Å². The fourth-order valence-electron chi connectivity index (χ4n) is 6.01. The summed E-state index contributed by atoms with van der Waals surface area (Å²) in [6.07, 6.45) is 5.92. The first kappa shape index (κ1) is 28.1. The Labute approximate surface area is 237 Å². The van der Waals surface area contributed by atoms with Crippen LogP contribution in [0.25, 0.3) is 32.2 Å². The van der Waals surface area contributed by atoms with Crippen LogP contribution in [0.4, 0.5) is 19.7 Å². The van der Waals surface area contributed by atoms with E-state index < -0.39 is 11.6 Å². The molecule has 2 aliphatic rings. The SMILES string of the molecule is CC.CCCC1C(C(C)CC)CN1c1ncc2c3c(c(-c4ncc(F)c5sc(N)c(C#N)c45)c(F)c2n1)COC3. The number of nitrogens with zero attached hydrogens (tertiary/aromatic N) is 5. The number of ether oxygens (including phenoxy) is 1. The first-order valence-electron chi connectivity index (χ1n) is 14.0. The summed E-state index contributed by atoms with van der Waals surface area (Å²) in [5, 5.41) is 10.7. The third-order valence-corrected chi connectivity index (χ3v) is 9.28. The highest BCUT2D eigenvalue weighted by molar-refractivity contribution is 7.23. The predicted octanol–water partition coefficient (Wildman–Crippen LogP) is 7.35. The number of rotatable bonds is 6. The number of anilines is 2. The molecule has 5 heterocycles. The number of hydrogen-bond acceptors (Lipinski definition) is 8. The monoisotopic (exact) mass is 564 g/mol. The zero-order valence-corrected chi connectivity index (χ0v) is 24.3. The molecule has 1 fully saturated rings. The van der Waals surface area contributed by atoms with Crippen molar-refractivity contribution in [2.75, 3.05) is 17.2 Å². The Bertz CT molecular complexity index is 1630. The molecule has 2 aliphatic heterocycles. The molecule has 4 aromatic rings. The maximum absolute atomic E-state index is 16.5. The molecule has 0 amide bonds. The van der Waals surface area contributed by atoms with Crippen LogP contribution in [-0.2, 0) is 18.0 Å². The van der Waals surface area contributed by atoms with Crippen molar-refractivity contribution in [3.8, 4) is 17.3 Å². The van der Waals surface area contributed by atoms with Crippen LogP contribution in [0.2, 0.25) is 0 Å². The summed E-state index contributed by atoms with van der Waals surface area (Å²) in [5.41, 5.74) is 8.07. The molecule has 2 N–H and O–H groups in total. The van der Waals surface area contributed by atoms with Gasteiger partial charge in [-0.25, -0.2) is 18.7 Å². The topological polar surface area (TPSA) is 101 Å². The van der Waals surface area contributed by atoms with Gasteiger partial charge in [0.05, 0.1) is 35.4 Å². The number of halogens is 2. The van der Waals surface area contributed by atoms with Gasteiger partial charge in [0.15, 0.2) is 11.6 Å². The van der Waals surface area contributed by atoms with Crippen LogP contribution in [-0.4, -0.2) is 27.5 Å². The molecule has 0 aliphatic carbocycles. The van der Waals surface area contributed by atoms with Gasteiger partial charge < -0.3 is 15.4 Å². The zero-order valence-electron chi connectivity index (χ0n) is 23.5. The van der Waals surface area contributed by atoms with Crippen molar-refractivity contribution in [2.24, 2.45) is 11.8 Å². The molecular weight excluding hydrogens is 530 g/mol. The number of aromatic nitrogens is 3. The number of thiophene rings is 1. The third-order valence-electron chi connectivity index (χ3n) is 8.25. The minimum Gasteiger partial charge on any atom is -0.389 e. The summed E-state index contributed by atoms with van der Waals surface area (Å²) in [4.78, 5) is 15.9. The molecular formula is C30H34F2N6OS. The van der Waals surface area contributed by atoms with E-state index in [0.717, 1.165) is 48.9 Å². The average molecular weight is 565 g/mol. The first-order chi connectivity index (χ1) is 19.4. The Morgan fingerprint density at radius 3 is 2.65 bits per heavy atom. The van der Waals surface area contributed by atoms with Gasteiger partial charge in [-0.1, -0.05) is 47.5 Å². The normalized spacial score (nSPS) is 18.7. The van der Waals surface area contributed by atoms with Gasteiger partial charge in [-0.2, -0.15) is 5.26 Å². The number of nitrogens with two attached hydrogens (primary N) is 1. The van der Waals surface area contributed by atoms with Crippen molar-refractivity contribution >= 4 is 43.3 Å². The van der Waals surface area contributed by atoms with Gasteiger partial charge in [-0.3, -0.25) is 4.98 Å². The summed E-state index contributed by atoms with van der Waals surface area (Å²) in [6.45, 7) is 12.0. The highest BCUT2D eigenvalue weighted by atomic mass is 32.1. The van der Waals surface area contributed by atoms with Gasteiger partial charge in [-0.05, 0) is 29.4 Å². The molecule has 40 heavy (non-hydrogen) atoms. The number of nitrogen functional groups attached to an aromatic ring is 1. The van der Waals surface area contributed by atoms with E-state index in [2.05, 4.69) is 35.6 Å². The Morgan fingerprint density at radius 1 is 1.20 bits per heavy atom. The third kappa shape index (κ3) is 4.27. The second kappa shape index (κ2) is 11.2. The van der Waals surface area contributed by atoms with Crippen LogP contribution >= 0.6 is 11.3 Å². The summed E-state index contributed by atoms with van der Waals surface area (Å²) in [7, 11) is 0. The Morgan fingerprint density at radius 2 is 1.95 bits per heavy atom. The van der Waals surface area contributed by atoms with Crippen molar-refractivity contribution in [3.05, 3.63) is 40.7 Å². The van der Waals surface area contributed by atoms with Crippen LogP contribution in [0.1, 0.15) is 70.6 Å². The van der Waals surface area contributed by atoms with Crippen LogP contribution in [0.15, 0.2) is 12.4 Å².